The van der Waals surface area contributed by atoms with Crippen molar-refractivity contribution in [1.29, 1.82) is 0 Å². The van der Waals surface area contributed by atoms with E-state index in [1.807, 2.05) is 0 Å². The summed E-state index contributed by atoms with van der Waals surface area (Å²) in [6, 6.07) is 0. The second-order valence-electron chi connectivity index (χ2n) is 8.58. The van der Waals surface area contributed by atoms with Gasteiger partial charge in [-0.2, -0.15) is 0 Å². The lowest BCUT2D eigenvalue weighted by molar-refractivity contribution is -0.655. The molecule has 0 aliphatic carbocycles. The smallest absolute Gasteiger partial charge is 0.0755 e. The van der Waals surface area contributed by atoms with Crippen LogP contribution in [0.2, 0.25) is 0 Å². The van der Waals surface area contributed by atoms with Gasteiger partial charge in [-0.05, 0) is 25.7 Å². The first-order valence-electron chi connectivity index (χ1n) is 12.7. The molecule has 0 amide bonds. The molecule has 0 aromatic rings. The minimum Gasteiger partial charge on any atom is -1.00 e. The van der Waals surface area contributed by atoms with Crippen LogP contribution in [-0.2, 0) is 0 Å². The molecule has 0 unspecified atom stereocenters. The molecule has 0 aromatic heterocycles. The van der Waals surface area contributed by atoms with E-state index >= 15 is 0 Å². The van der Waals surface area contributed by atoms with Crippen molar-refractivity contribution in [3.8, 4) is 0 Å². The van der Waals surface area contributed by atoms with Crippen LogP contribution in [0.1, 0.15) is 149 Å². The van der Waals surface area contributed by atoms with Gasteiger partial charge in [-0.25, -0.2) is 0 Å². The van der Waals surface area contributed by atoms with Gasteiger partial charge in [0, 0.05) is 0 Å². The fraction of sp³-hybridized carbons (Fsp3) is 1.00. The summed E-state index contributed by atoms with van der Waals surface area (Å²) in [4.78, 5) is 0. The number of hydrogen-bond acceptors (Lipinski definition) is 0. The van der Waals surface area contributed by atoms with Crippen LogP contribution in [0.4, 0.5) is 0 Å². The van der Waals surface area contributed by atoms with E-state index in [0.717, 1.165) is 0 Å². The fourth-order valence-electron chi connectivity index (χ4n) is 3.87. The van der Waals surface area contributed by atoms with E-state index in [9.17, 15) is 0 Å². The first-order chi connectivity index (χ1) is 12.9. The Morgan fingerprint density at radius 1 is 0.333 bits per heavy atom. The third-order valence-electron chi connectivity index (χ3n) is 5.77. The highest BCUT2D eigenvalue weighted by atomic mass is 79.9. The molecule has 0 heterocycles. The topological polar surface area (TPSA) is 16.6 Å². The number of quaternary nitrogens is 1. The van der Waals surface area contributed by atoms with Crippen LogP contribution in [0.3, 0.4) is 0 Å². The predicted octanol–water partition coefficient (Wildman–Crippen LogP) is 4.79. The lowest BCUT2D eigenvalue weighted by Gasteiger charge is -2.04. The zero-order valence-electron chi connectivity index (χ0n) is 19.2. The fourth-order valence-corrected chi connectivity index (χ4v) is 3.87. The van der Waals surface area contributed by atoms with Gasteiger partial charge in [0.25, 0.3) is 0 Å². The summed E-state index contributed by atoms with van der Waals surface area (Å²) in [5.74, 6) is 0. The van der Waals surface area contributed by atoms with Crippen molar-refractivity contribution in [1.82, 2.24) is 0 Å². The summed E-state index contributed by atoms with van der Waals surface area (Å²) < 4.78 is 0. The third kappa shape index (κ3) is 28.7. The van der Waals surface area contributed by atoms with Crippen molar-refractivity contribution >= 4 is 0 Å². The first kappa shape index (κ1) is 29.6. The van der Waals surface area contributed by atoms with Gasteiger partial charge in [-0.15, -0.1) is 0 Å². The van der Waals surface area contributed by atoms with Crippen LogP contribution in [-0.4, -0.2) is 13.1 Å². The van der Waals surface area contributed by atoms with Crippen LogP contribution in [0.15, 0.2) is 0 Å². The highest BCUT2D eigenvalue weighted by Crippen LogP contribution is 2.11. The summed E-state index contributed by atoms with van der Waals surface area (Å²) in [5.41, 5.74) is 0. The van der Waals surface area contributed by atoms with E-state index < -0.39 is 0 Å². The Labute approximate surface area is 184 Å². The molecule has 0 bridgehead atoms. The van der Waals surface area contributed by atoms with Crippen molar-refractivity contribution in [2.75, 3.05) is 13.1 Å². The molecule has 2 heteroatoms. The van der Waals surface area contributed by atoms with Gasteiger partial charge in [0.2, 0.25) is 0 Å². The maximum Gasteiger partial charge on any atom is 0.0755 e. The molecule has 1 nitrogen and oxygen atoms in total. The normalized spacial score (nSPS) is 10.9. The average Bonchev–Trinajstić information content (AvgIpc) is 2.66. The van der Waals surface area contributed by atoms with E-state index in [1.165, 1.54) is 148 Å². The Morgan fingerprint density at radius 2 is 0.556 bits per heavy atom. The van der Waals surface area contributed by atoms with Crippen molar-refractivity contribution in [2.45, 2.75) is 149 Å². The Kier molecular flexibility index (Phi) is 31.4. The number of unbranched alkanes of at least 4 members (excludes halogenated alkanes) is 19. The van der Waals surface area contributed by atoms with Gasteiger partial charge in [0.1, 0.15) is 0 Å². The molecular formula is C25H54BrN. The Balaban J connectivity index is 0. The summed E-state index contributed by atoms with van der Waals surface area (Å²) in [6.45, 7) is 7.34. The lowest BCUT2D eigenvalue weighted by atomic mass is 10.1. The molecular weight excluding hydrogens is 394 g/mol. The van der Waals surface area contributed by atoms with E-state index in [2.05, 4.69) is 19.2 Å². The monoisotopic (exact) mass is 447 g/mol. The van der Waals surface area contributed by atoms with E-state index in [1.54, 1.807) is 0 Å². The van der Waals surface area contributed by atoms with Crippen LogP contribution in [0.5, 0.6) is 0 Å². The molecule has 0 aliphatic heterocycles. The van der Waals surface area contributed by atoms with E-state index in [4.69, 9.17) is 0 Å². The molecule has 27 heavy (non-hydrogen) atoms. The van der Waals surface area contributed by atoms with Gasteiger partial charge < -0.3 is 22.3 Å². The summed E-state index contributed by atoms with van der Waals surface area (Å²) in [7, 11) is 0. The van der Waals surface area contributed by atoms with Gasteiger partial charge >= 0.3 is 0 Å². The van der Waals surface area contributed by atoms with Gasteiger partial charge in [0.15, 0.2) is 0 Å². The second kappa shape index (κ2) is 28.6. The SMILES string of the molecule is CCCCCCCCCCCCC[NH2+]CCCCCCCCCCCC.[Br-]. The Bertz CT molecular complexity index is 208. The van der Waals surface area contributed by atoms with Crippen molar-refractivity contribution in [3.05, 3.63) is 0 Å². The first-order valence-corrected chi connectivity index (χ1v) is 12.7. The number of hydrogen-bond donors (Lipinski definition) is 1. The van der Waals surface area contributed by atoms with E-state index in [-0.39, 0.29) is 17.0 Å². The summed E-state index contributed by atoms with van der Waals surface area (Å²) in [6.07, 6.45) is 30.6. The number of nitrogens with two attached hydrogens (primary N) is 1. The van der Waals surface area contributed by atoms with Gasteiger partial charge in [0.05, 0.1) is 13.1 Å². The Morgan fingerprint density at radius 3 is 0.815 bits per heavy atom. The van der Waals surface area contributed by atoms with Crippen LogP contribution < -0.4 is 22.3 Å². The standard InChI is InChI=1S/C25H53N.BrH/c1-3-5-7-9-11-13-15-17-19-21-23-25-26-24-22-20-18-16-14-12-10-8-6-4-2;/h26H,3-25H2,1-2H3;1H. The summed E-state index contributed by atoms with van der Waals surface area (Å²) in [5, 5.41) is 2.57. The molecule has 0 aromatic carbocycles. The molecule has 0 radical (unpaired) electrons. The van der Waals surface area contributed by atoms with Gasteiger partial charge in [-0.1, -0.05) is 123 Å². The zero-order chi connectivity index (χ0) is 19.0. The van der Waals surface area contributed by atoms with Crippen LogP contribution in [0, 0.1) is 0 Å². The largest absolute Gasteiger partial charge is 1.00 e. The maximum atomic E-state index is 2.57. The molecule has 0 saturated carbocycles. The quantitative estimate of drug-likeness (QED) is 0.217. The molecule has 166 valence electrons. The molecule has 0 fully saturated rings. The highest BCUT2D eigenvalue weighted by Gasteiger charge is 1.96. The van der Waals surface area contributed by atoms with Gasteiger partial charge in [-0.3, -0.25) is 0 Å². The minimum absolute atomic E-state index is 0. The van der Waals surface area contributed by atoms with E-state index in [0.29, 0.717) is 0 Å². The van der Waals surface area contributed by atoms with Crippen LogP contribution >= 0.6 is 0 Å². The molecule has 2 N–H and O–H groups in total. The third-order valence-corrected chi connectivity index (χ3v) is 5.77. The van der Waals surface area contributed by atoms with Crippen LogP contribution in [0.25, 0.3) is 0 Å². The number of halogens is 1. The highest BCUT2D eigenvalue weighted by molar-refractivity contribution is 4.48. The molecule has 0 atom stereocenters. The lowest BCUT2D eigenvalue weighted by Crippen LogP contribution is -3.00. The summed E-state index contributed by atoms with van der Waals surface area (Å²) >= 11 is 0. The maximum absolute atomic E-state index is 2.57. The van der Waals surface area contributed by atoms with Crippen molar-refractivity contribution in [2.24, 2.45) is 0 Å². The molecule has 0 aliphatic rings. The zero-order valence-corrected chi connectivity index (χ0v) is 20.8. The van der Waals surface area contributed by atoms with Crippen molar-refractivity contribution in [3.63, 3.8) is 0 Å². The molecule has 0 rings (SSSR count). The Hall–Kier alpha value is 0.440. The average molecular weight is 449 g/mol. The minimum atomic E-state index is 0. The second-order valence-corrected chi connectivity index (χ2v) is 8.58. The van der Waals surface area contributed by atoms with Crippen molar-refractivity contribution < 1.29 is 22.3 Å². The predicted molar refractivity (Wildman–Crippen MR) is 120 cm³/mol. The molecule has 0 saturated heterocycles. The number of rotatable bonds is 23. The molecule has 0 spiro atoms.